The van der Waals surface area contributed by atoms with Crippen molar-refractivity contribution < 1.29 is 0 Å². The molecular formula is C10H12N4. The molecule has 2 heterocycles. The van der Waals surface area contributed by atoms with E-state index in [4.69, 9.17) is 5.73 Å². The Balaban J connectivity index is 2.32. The van der Waals surface area contributed by atoms with Crippen LogP contribution in [-0.2, 0) is 0 Å². The van der Waals surface area contributed by atoms with E-state index in [1.54, 1.807) is 6.20 Å². The van der Waals surface area contributed by atoms with Gasteiger partial charge in [-0.3, -0.25) is 4.99 Å². The fraction of sp³-hybridized carbons (Fsp3) is 0.300. The maximum atomic E-state index is 5.76. The van der Waals surface area contributed by atoms with Gasteiger partial charge in [-0.2, -0.15) is 0 Å². The van der Waals surface area contributed by atoms with Crippen LogP contribution in [0.1, 0.15) is 13.8 Å². The first-order valence-corrected chi connectivity index (χ1v) is 4.45. The molecule has 0 atom stereocenters. The molecule has 0 amide bonds. The van der Waals surface area contributed by atoms with E-state index in [1.807, 2.05) is 32.1 Å². The van der Waals surface area contributed by atoms with Crippen LogP contribution in [0.2, 0.25) is 0 Å². The molecule has 0 aromatic rings. The maximum Gasteiger partial charge on any atom is 0.149 e. The summed E-state index contributed by atoms with van der Waals surface area (Å²) in [7, 11) is 0. The number of hydrogen-bond donors (Lipinski definition) is 1. The first kappa shape index (κ1) is 9.02. The third kappa shape index (κ3) is 1.85. The maximum absolute atomic E-state index is 5.76. The first-order valence-electron chi connectivity index (χ1n) is 4.45. The Labute approximate surface area is 82.7 Å². The van der Waals surface area contributed by atoms with Crippen molar-refractivity contribution in [3.05, 3.63) is 24.4 Å². The fourth-order valence-corrected chi connectivity index (χ4v) is 1.23. The SMILES string of the molecule is CC(C)(N)/N=C1/C=CC2=NC=CC2=N1. The quantitative estimate of drug-likeness (QED) is 0.657. The Morgan fingerprint density at radius 1 is 1.21 bits per heavy atom. The second-order valence-electron chi connectivity index (χ2n) is 3.78. The average molecular weight is 188 g/mol. The molecule has 0 aromatic heterocycles. The van der Waals surface area contributed by atoms with E-state index in [0.29, 0.717) is 5.84 Å². The van der Waals surface area contributed by atoms with Crippen LogP contribution >= 0.6 is 0 Å². The number of hydrogen-bond acceptors (Lipinski definition) is 3. The summed E-state index contributed by atoms with van der Waals surface area (Å²) in [5.41, 5.74) is 6.93. The van der Waals surface area contributed by atoms with Gasteiger partial charge < -0.3 is 5.73 Å². The largest absolute Gasteiger partial charge is 0.308 e. The zero-order valence-electron chi connectivity index (χ0n) is 8.23. The summed E-state index contributed by atoms with van der Waals surface area (Å²) >= 11 is 0. The zero-order valence-corrected chi connectivity index (χ0v) is 8.23. The first-order chi connectivity index (χ1) is 6.54. The number of fused-ring (bicyclic) bond motifs is 1. The number of nitrogens with two attached hydrogens (primary N) is 1. The van der Waals surface area contributed by atoms with Crippen LogP contribution < -0.4 is 5.73 Å². The molecule has 0 radical (unpaired) electrons. The molecule has 0 spiro atoms. The van der Waals surface area contributed by atoms with Gasteiger partial charge in [0.2, 0.25) is 0 Å². The Kier molecular flexibility index (Phi) is 1.93. The van der Waals surface area contributed by atoms with Crippen molar-refractivity contribution in [3.63, 3.8) is 0 Å². The second-order valence-corrected chi connectivity index (χ2v) is 3.78. The predicted molar refractivity (Wildman–Crippen MR) is 58.9 cm³/mol. The van der Waals surface area contributed by atoms with Crippen LogP contribution in [0.15, 0.2) is 39.4 Å². The van der Waals surface area contributed by atoms with Crippen LogP contribution in [0.25, 0.3) is 0 Å². The molecule has 0 fully saturated rings. The lowest BCUT2D eigenvalue weighted by atomic mass is 10.2. The molecule has 0 aromatic carbocycles. The van der Waals surface area contributed by atoms with E-state index < -0.39 is 5.66 Å². The number of nitrogens with zero attached hydrogens (tertiary/aromatic N) is 3. The van der Waals surface area contributed by atoms with Gasteiger partial charge in [-0.15, -0.1) is 0 Å². The molecule has 0 aliphatic carbocycles. The summed E-state index contributed by atoms with van der Waals surface area (Å²) in [6.45, 7) is 3.67. The van der Waals surface area contributed by atoms with Crippen molar-refractivity contribution in [2.75, 3.05) is 0 Å². The second kappa shape index (κ2) is 2.99. The van der Waals surface area contributed by atoms with Gasteiger partial charge in [0.25, 0.3) is 0 Å². The van der Waals surface area contributed by atoms with Crippen LogP contribution in [0, 0.1) is 0 Å². The highest BCUT2D eigenvalue weighted by Crippen LogP contribution is 2.09. The molecule has 4 heteroatoms. The zero-order chi connectivity index (χ0) is 10.2. The number of dihydropyridines is 1. The van der Waals surface area contributed by atoms with E-state index in [2.05, 4.69) is 15.0 Å². The van der Waals surface area contributed by atoms with Crippen LogP contribution in [0.4, 0.5) is 0 Å². The summed E-state index contributed by atoms with van der Waals surface area (Å²) in [4.78, 5) is 12.7. The Morgan fingerprint density at radius 3 is 2.71 bits per heavy atom. The monoisotopic (exact) mass is 188 g/mol. The van der Waals surface area contributed by atoms with E-state index in [-0.39, 0.29) is 0 Å². The van der Waals surface area contributed by atoms with Gasteiger partial charge in [0, 0.05) is 6.20 Å². The van der Waals surface area contributed by atoms with Crippen molar-refractivity contribution in [1.29, 1.82) is 0 Å². The van der Waals surface area contributed by atoms with Gasteiger partial charge in [-0.1, -0.05) is 0 Å². The van der Waals surface area contributed by atoms with Crippen molar-refractivity contribution in [1.82, 2.24) is 0 Å². The average Bonchev–Trinajstić information content (AvgIpc) is 2.47. The molecule has 4 nitrogen and oxygen atoms in total. The molecule has 0 saturated heterocycles. The minimum atomic E-state index is -0.583. The van der Waals surface area contributed by atoms with E-state index in [9.17, 15) is 0 Å². The van der Waals surface area contributed by atoms with Crippen molar-refractivity contribution in [2.24, 2.45) is 20.7 Å². The molecule has 2 aliphatic heterocycles. The number of allylic oxidation sites excluding steroid dienone is 2. The van der Waals surface area contributed by atoms with Gasteiger partial charge in [0.15, 0.2) is 0 Å². The van der Waals surface area contributed by atoms with Crippen molar-refractivity contribution >= 4 is 17.3 Å². The highest BCUT2D eigenvalue weighted by atomic mass is 15.1. The van der Waals surface area contributed by atoms with E-state index in [1.165, 1.54) is 0 Å². The minimum Gasteiger partial charge on any atom is -0.308 e. The van der Waals surface area contributed by atoms with Gasteiger partial charge >= 0.3 is 0 Å². The highest BCUT2D eigenvalue weighted by molar-refractivity contribution is 6.54. The summed E-state index contributed by atoms with van der Waals surface area (Å²) in [6, 6.07) is 0. The Hall–Kier alpha value is -1.55. The molecule has 0 unspecified atom stereocenters. The van der Waals surface area contributed by atoms with Crippen LogP contribution in [0.5, 0.6) is 0 Å². The molecule has 2 N–H and O–H groups in total. The minimum absolute atomic E-state index is 0.583. The van der Waals surface area contributed by atoms with E-state index in [0.717, 1.165) is 11.4 Å². The third-order valence-electron chi connectivity index (χ3n) is 1.74. The van der Waals surface area contributed by atoms with Gasteiger partial charge in [-0.25, -0.2) is 9.98 Å². The van der Waals surface area contributed by atoms with Crippen molar-refractivity contribution in [3.8, 4) is 0 Å². The van der Waals surface area contributed by atoms with E-state index >= 15 is 0 Å². The predicted octanol–water partition coefficient (Wildman–Crippen LogP) is 1.06. The van der Waals surface area contributed by atoms with Crippen molar-refractivity contribution in [2.45, 2.75) is 19.5 Å². The molecular weight excluding hydrogens is 176 g/mol. The summed E-state index contributed by atoms with van der Waals surface area (Å²) in [6.07, 6.45) is 7.31. The molecule has 72 valence electrons. The number of rotatable bonds is 1. The normalized spacial score (nSPS) is 22.4. The summed E-state index contributed by atoms with van der Waals surface area (Å²) in [5, 5.41) is 0. The summed E-state index contributed by atoms with van der Waals surface area (Å²) in [5.74, 6) is 0.651. The Bertz CT molecular complexity index is 402. The number of aliphatic imine (C=N–C) groups is 3. The molecule has 2 rings (SSSR count). The van der Waals surface area contributed by atoms with Crippen LogP contribution in [-0.4, -0.2) is 22.9 Å². The lowest BCUT2D eigenvalue weighted by molar-refractivity contribution is 0.550. The standard InChI is InChI=1S/C10H12N4/c1-10(2,11)14-9-4-3-7-8(13-9)5-6-12-7/h3-6H,11H2,1-2H3/b14-9-. The Morgan fingerprint density at radius 2 is 2.00 bits per heavy atom. The van der Waals surface area contributed by atoms with Gasteiger partial charge in [-0.05, 0) is 32.1 Å². The molecule has 0 saturated carbocycles. The third-order valence-corrected chi connectivity index (χ3v) is 1.74. The highest BCUT2D eigenvalue weighted by Gasteiger charge is 2.15. The smallest absolute Gasteiger partial charge is 0.149 e. The fourth-order valence-electron chi connectivity index (χ4n) is 1.23. The lowest BCUT2D eigenvalue weighted by Crippen LogP contribution is -2.30. The summed E-state index contributed by atoms with van der Waals surface area (Å²) < 4.78 is 0. The van der Waals surface area contributed by atoms with Crippen LogP contribution in [0.3, 0.4) is 0 Å². The molecule has 14 heavy (non-hydrogen) atoms. The van der Waals surface area contributed by atoms with Gasteiger partial charge in [0.05, 0.1) is 11.4 Å². The molecule has 2 aliphatic rings. The molecule has 0 bridgehead atoms. The number of amidine groups is 1. The topological polar surface area (TPSA) is 63.1 Å². The van der Waals surface area contributed by atoms with Gasteiger partial charge in [0.1, 0.15) is 11.5 Å². The lowest BCUT2D eigenvalue weighted by Gasteiger charge is -2.14.